The SMILES string of the molecule is CCn1cc(S(N)(=O)=O)c([N+](=O)[O-])n1. The van der Waals surface area contributed by atoms with Crippen LogP contribution in [0.1, 0.15) is 6.92 Å². The van der Waals surface area contributed by atoms with Gasteiger partial charge in [0.25, 0.3) is 0 Å². The first-order valence-electron chi connectivity index (χ1n) is 3.61. The zero-order valence-electron chi connectivity index (χ0n) is 7.24. The van der Waals surface area contributed by atoms with Crippen molar-refractivity contribution in [2.45, 2.75) is 18.4 Å². The molecule has 9 heteroatoms. The second-order valence-corrected chi connectivity index (χ2v) is 4.00. The number of nitro groups is 1. The lowest BCUT2D eigenvalue weighted by Gasteiger charge is -1.91. The van der Waals surface area contributed by atoms with Crippen LogP contribution in [0.2, 0.25) is 0 Å². The predicted octanol–water partition coefficient (Wildman–Crippen LogP) is -0.541. The number of nitrogens with zero attached hydrogens (tertiary/aromatic N) is 3. The summed E-state index contributed by atoms with van der Waals surface area (Å²) in [5.74, 6) is -0.741. The molecule has 0 aliphatic carbocycles. The van der Waals surface area contributed by atoms with E-state index in [-0.39, 0.29) is 0 Å². The van der Waals surface area contributed by atoms with E-state index < -0.39 is 25.7 Å². The van der Waals surface area contributed by atoms with E-state index in [1.807, 2.05) is 0 Å². The van der Waals surface area contributed by atoms with Crippen molar-refractivity contribution >= 4 is 15.8 Å². The topological polar surface area (TPSA) is 121 Å². The van der Waals surface area contributed by atoms with E-state index in [0.29, 0.717) is 6.54 Å². The van der Waals surface area contributed by atoms with Crippen LogP contribution in [0.3, 0.4) is 0 Å². The number of hydrogen-bond donors (Lipinski definition) is 1. The molecule has 0 bridgehead atoms. The third kappa shape index (κ3) is 1.88. The molecule has 0 atom stereocenters. The molecule has 78 valence electrons. The van der Waals surface area contributed by atoms with Crippen LogP contribution in [0.5, 0.6) is 0 Å². The summed E-state index contributed by atoms with van der Waals surface area (Å²) in [6.07, 6.45) is 1.04. The minimum absolute atomic E-state index is 0.330. The van der Waals surface area contributed by atoms with Crippen molar-refractivity contribution in [3.63, 3.8) is 0 Å². The van der Waals surface area contributed by atoms with Gasteiger partial charge >= 0.3 is 5.82 Å². The van der Waals surface area contributed by atoms with Gasteiger partial charge in [0.15, 0.2) is 0 Å². The van der Waals surface area contributed by atoms with Crippen LogP contribution in [0, 0.1) is 10.1 Å². The zero-order chi connectivity index (χ0) is 10.9. The Balaban J connectivity index is 3.42. The van der Waals surface area contributed by atoms with Crippen LogP contribution >= 0.6 is 0 Å². The Morgan fingerprint density at radius 3 is 2.57 bits per heavy atom. The summed E-state index contributed by atoms with van der Waals surface area (Å²) in [6, 6.07) is 0. The molecule has 0 fully saturated rings. The highest BCUT2D eigenvalue weighted by Crippen LogP contribution is 2.19. The Labute approximate surface area is 79.5 Å². The van der Waals surface area contributed by atoms with Gasteiger partial charge in [0.2, 0.25) is 14.9 Å². The molecule has 14 heavy (non-hydrogen) atoms. The fourth-order valence-corrected chi connectivity index (χ4v) is 1.52. The van der Waals surface area contributed by atoms with Crippen molar-refractivity contribution in [3.8, 4) is 0 Å². The van der Waals surface area contributed by atoms with Gasteiger partial charge in [-0.2, -0.15) is 4.68 Å². The summed E-state index contributed by atoms with van der Waals surface area (Å²) < 4.78 is 23.0. The van der Waals surface area contributed by atoms with E-state index in [0.717, 1.165) is 10.9 Å². The predicted molar refractivity (Wildman–Crippen MR) is 45.9 cm³/mol. The van der Waals surface area contributed by atoms with Gasteiger partial charge in [0.05, 0.1) is 17.8 Å². The summed E-state index contributed by atoms with van der Waals surface area (Å²) in [4.78, 5) is 8.96. The lowest BCUT2D eigenvalue weighted by molar-refractivity contribution is -0.392. The fraction of sp³-hybridized carbons (Fsp3) is 0.400. The average Bonchev–Trinajstić information content (AvgIpc) is 2.46. The van der Waals surface area contributed by atoms with Gasteiger partial charge in [0, 0.05) is 0 Å². The maximum atomic E-state index is 10.9. The molecule has 0 aliphatic rings. The van der Waals surface area contributed by atoms with Gasteiger partial charge in [-0.3, -0.25) is 0 Å². The number of rotatable bonds is 3. The van der Waals surface area contributed by atoms with Gasteiger partial charge in [-0.1, -0.05) is 0 Å². The van der Waals surface area contributed by atoms with Crippen molar-refractivity contribution < 1.29 is 13.3 Å². The molecular formula is C5H8N4O4S. The molecule has 0 aliphatic heterocycles. The second-order valence-electron chi connectivity index (χ2n) is 2.47. The van der Waals surface area contributed by atoms with Crippen molar-refractivity contribution in [1.29, 1.82) is 0 Å². The highest BCUT2D eigenvalue weighted by Gasteiger charge is 2.28. The highest BCUT2D eigenvalue weighted by molar-refractivity contribution is 7.89. The molecule has 0 radical (unpaired) electrons. The standard InChI is InChI=1S/C5H8N4O4S/c1-2-8-3-4(14(6,12)13)5(7-8)9(10)11/h3H,2H2,1H3,(H2,6,12,13). The number of aromatic nitrogens is 2. The van der Waals surface area contributed by atoms with E-state index in [4.69, 9.17) is 5.14 Å². The van der Waals surface area contributed by atoms with Crippen molar-refractivity contribution in [3.05, 3.63) is 16.3 Å². The summed E-state index contributed by atoms with van der Waals surface area (Å²) in [5.41, 5.74) is 0. The molecule has 0 saturated carbocycles. The van der Waals surface area contributed by atoms with Crippen LogP contribution in [0.15, 0.2) is 11.1 Å². The van der Waals surface area contributed by atoms with Crippen LogP contribution in [0.25, 0.3) is 0 Å². The minimum Gasteiger partial charge on any atom is -0.358 e. The average molecular weight is 220 g/mol. The van der Waals surface area contributed by atoms with Crippen LogP contribution in [0.4, 0.5) is 5.82 Å². The van der Waals surface area contributed by atoms with Gasteiger partial charge in [-0.05, 0) is 11.8 Å². The molecule has 8 nitrogen and oxygen atoms in total. The molecule has 2 N–H and O–H groups in total. The molecule has 0 amide bonds. The summed E-state index contributed by atoms with van der Waals surface area (Å²) in [5, 5.41) is 18.6. The molecule has 0 aromatic carbocycles. The summed E-state index contributed by atoms with van der Waals surface area (Å²) in [7, 11) is -4.09. The van der Waals surface area contributed by atoms with Crippen molar-refractivity contribution in [1.82, 2.24) is 9.78 Å². The quantitative estimate of drug-likeness (QED) is 0.541. The zero-order valence-corrected chi connectivity index (χ0v) is 8.06. The number of aryl methyl sites for hydroxylation is 1. The van der Waals surface area contributed by atoms with Crippen LogP contribution in [-0.2, 0) is 16.6 Å². The number of sulfonamides is 1. The summed E-state index contributed by atoms with van der Waals surface area (Å²) in [6.45, 7) is 2.00. The van der Waals surface area contributed by atoms with Crippen molar-refractivity contribution in [2.24, 2.45) is 5.14 Å². The Bertz CT molecular complexity index is 462. The first kappa shape index (κ1) is 10.6. The molecular weight excluding hydrogens is 212 g/mol. The van der Waals surface area contributed by atoms with Gasteiger partial charge < -0.3 is 10.1 Å². The Morgan fingerprint density at radius 2 is 2.29 bits per heavy atom. The molecule has 1 aromatic heterocycles. The van der Waals surface area contributed by atoms with E-state index in [9.17, 15) is 18.5 Å². The van der Waals surface area contributed by atoms with Crippen LogP contribution < -0.4 is 5.14 Å². The molecule has 1 aromatic rings. The molecule has 0 spiro atoms. The first-order valence-corrected chi connectivity index (χ1v) is 5.15. The third-order valence-electron chi connectivity index (χ3n) is 1.51. The van der Waals surface area contributed by atoms with E-state index >= 15 is 0 Å². The number of primary sulfonamides is 1. The normalized spacial score (nSPS) is 11.6. The Morgan fingerprint density at radius 1 is 1.71 bits per heavy atom. The van der Waals surface area contributed by atoms with E-state index in [1.165, 1.54) is 0 Å². The maximum Gasteiger partial charge on any atom is 0.410 e. The van der Waals surface area contributed by atoms with E-state index in [1.54, 1.807) is 6.92 Å². The first-order chi connectivity index (χ1) is 6.36. The third-order valence-corrected chi connectivity index (χ3v) is 2.41. The van der Waals surface area contributed by atoms with Gasteiger partial charge in [0.1, 0.15) is 0 Å². The Hall–Kier alpha value is -1.48. The largest absolute Gasteiger partial charge is 0.410 e. The lowest BCUT2D eigenvalue weighted by Crippen LogP contribution is -2.13. The fourth-order valence-electron chi connectivity index (χ4n) is 0.882. The summed E-state index contributed by atoms with van der Waals surface area (Å²) >= 11 is 0. The van der Waals surface area contributed by atoms with Gasteiger partial charge in [-0.15, -0.1) is 0 Å². The molecule has 1 heterocycles. The molecule has 0 saturated heterocycles. The molecule has 1 rings (SSSR count). The maximum absolute atomic E-state index is 10.9. The van der Waals surface area contributed by atoms with E-state index in [2.05, 4.69) is 5.10 Å². The van der Waals surface area contributed by atoms with Gasteiger partial charge in [-0.25, -0.2) is 13.6 Å². The molecule has 0 unspecified atom stereocenters. The number of nitrogens with two attached hydrogens (primary N) is 1. The second kappa shape index (κ2) is 3.35. The Kier molecular flexibility index (Phi) is 2.53. The lowest BCUT2D eigenvalue weighted by atomic mass is 10.6. The van der Waals surface area contributed by atoms with Crippen LogP contribution in [-0.4, -0.2) is 23.1 Å². The highest BCUT2D eigenvalue weighted by atomic mass is 32.2. The number of hydrogen-bond acceptors (Lipinski definition) is 5. The monoisotopic (exact) mass is 220 g/mol. The smallest absolute Gasteiger partial charge is 0.358 e. The van der Waals surface area contributed by atoms with Crippen molar-refractivity contribution in [2.75, 3.05) is 0 Å². The minimum atomic E-state index is -4.09.